The van der Waals surface area contributed by atoms with Gasteiger partial charge in [0.15, 0.2) is 0 Å². The largest absolute Gasteiger partial charge is 0.303 e. The molecule has 2 bridgehead atoms. The molecule has 3 aliphatic heterocycles. The van der Waals surface area contributed by atoms with Crippen LogP contribution in [0.2, 0.25) is 0 Å². The molecular weight excluding hydrogens is 134 g/mol. The fourth-order valence-electron chi connectivity index (χ4n) is 2.51. The van der Waals surface area contributed by atoms with Gasteiger partial charge in [-0.2, -0.15) is 0 Å². The average Bonchev–Trinajstić information content (AvgIpc) is 2.07. The van der Waals surface area contributed by atoms with Gasteiger partial charge in [-0.05, 0) is 50.7 Å². The highest BCUT2D eigenvalue weighted by molar-refractivity contribution is 4.95. The van der Waals surface area contributed by atoms with Gasteiger partial charge in [0.05, 0.1) is 0 Å². The van der Waals surface area contributed by atoms with Crippen molar-refractivity contribution in [3.8, 4) is 0 Å². The second kappa shape index (κ2) is 2.63. The van der Waals surface area contributed by atoms with E-state index in [9.17, 15) is 0 Å². The Hall–Kier alpha value is -0.300. The molecule has 11 heavy (non-hydrogen) atoms. The highest BCUT2D eigenvalue weighted by atomic mass is 15.1. The third kappa shape index (κ3) is 1.22. The topological polar surface area (TPSA) is 3.24 Å². The maximum Gasteiger partial charge on any atom is -0.00133 e. The minimum atomic E-state index is 0.677. The number of piperidine rings is 3. The quantitative estimate of drug-likeness (QED) is 0.546. The lowest BCUT2D eigenvalue weighted by atomic mass is 9.70. The summed E-state index contributed by atoms with van der Waals surface area (Å²) in [6, 6.07) is 0. The molecule has 0 aromatic rings. The third-order valence-corrected chi connectivity index (χ3v) is 3.45. The van der Waals surface area contributed by atoms with Gasteiger partial charge in [0, 0.05) is 0 Å². The van der Waals surface area contributed by atoms with E-state index in [2.05, 4.69) is 17.6 Å². The fraction of sp³-hybridized carbons (Fsp3) is 0.800. The van der Waals surface area contributed by atoms with Crippen LogP contribution in [0.4, 0.5) is 0 Å². The van der Waals surface area contributed by atoms with Crippen LogP contribution in [-0.4, -0.2) is 24.5 Å². The first-order chi connectivity index (χ1) is 5.35. The van der Waals surface area contributed by atoms with Crippen molar-refractivity contribution in [1.82, 2.24) is 4.90 Å². The van der Waals surface area contributed by atoms with Crippen molar-refractivity contribution in [3.05, 3.63) is 12.7 Å². The zero-order valence-corrected chi connectivity index (χ0v) is 7.18. The summed E-state index contributed by atoms with van der Waals surface area (Å²) in [5.41, 5.74) is 0.677. The minimum Gasteiger partial charge on any atom is -0.303 e. The number of hydrogen-bond donors (Lipinski definition) is 0. The van der Waals surface area contributed by atoms with E-state index in [1.165, 1.54) is 45.3 Å². The Bertz CT molecular complexity index is 140. The normalized spacial score (nSPS) is 42.4. The zero-order valence-electron chi connectivity index (χ0n) is 7.18. The van der Waals surface area contributed by atoms with E-state index in [0.717, 1.165) is 0 Å². The number of rotatable bonds is 2. The third-order valence-electron chi connectivity index (χ3n) is 3.45. The summed E-state index contributed by atoms with van der Waals surface area (Å²) >= 11 is 0. The average molecular weight is 151 g/mol. The monoisotopic (exact) mass is 151 g/mol. The van der Waals surface area contributed by atoms with Crippen molar-refractivity contribution in [2.75, 3.05) is 19.6 Å². The zero-order chi connectivity index (χ0) is 7.73. The highest BCUT2D eigenvalue weighted by Gasteiger charge is 2.37. The fourth-order valence-corrected chi connectivity index (χ4v) is 2.51. The number of fused-ring (bicyclic) bond motifs is 3. The number of nitrogens with zero attached hydrogens (tertiary/aromatic N) is 1. The molecule has 1 heteroatoms. The minimum absolute atomic E-state index is 0.677. The van der Waals surface area contributed by atoms with Crippen molar-refractivity contribution >= 4 is 0 Å². The van der Waals surface area contributed by atoms with Crippen molar-refractivity contribution in [3.63, 3.8) is 0 Å². The molecular formula is C10H17N. The Labute approximate surface area is 69.1 Å². The summed E-state index contributed by atoms with van der Waals surface area (Å²) in [5.74, 6) is 0. The molecule has 0 radical (unpaired) electrons. The smallest absolute Gasteiger partial charge is 0.00133 e. The van der Waals surface area contributed by atoms with E-state index >= 15 is 0 Å². The molecule has 0 unspecified atom stereocenters. The second-order valence-electron chi connectivity index (χ2n) is 4.08. The SMILES string of the molecule is C=CCC12CCN(CC1)CC2. The first-order valence-electron chi connectivity index (χ1n) is 4.68. The Morgan fingerprint density at radius 2 is 1.73 bits per heavy atom. The van der Waals surface area contributed by atoms with Crippen LogP contribution in [0, 0.1) is 5.41 Å². The van der Waals surface area contributed by atoms with Crippen molar-refractivity contribution in [2.45, 2.75) is 25.7 Å². The van der Waals surface area contributed by atoms with Gasteiger partial charge in [0.25, 0.3) is 0 Å². The lowest BCUT2D eigenvalue weighted by Crippen LogP contribution is -2.47. The molecule has 62 valence electrons. The van der Waals surface area contributed by atoms with Crippen LogP contribution in [-0.2, 0) is 0 Å². The first kappa shape index (κ1) is 7.35. The second-order valence-corrected chi connectivity index (χ2v) is 4.08. The van der Waals surface area contributed by atoms with Crippen LogP contribution < -0.4 is 0 Å². The summed E-state index contributed by atoms with van der Waals surface area (Å²) in [7, 11) is 0. The van der Waals surface area contributed by atoms with Gasteiger partial charge < -0.3 is 4.90 Å². The van der Waals surface area contributed by atoms with Gasteiger partial charge in [0.2, 0.25) is 0 Å². The molecule has 0 aromatic carbocycles. The summed E-state index contributed by atoms with van der Waals surface area (Å²) in [4.78, 5) is 2.59. The van der Waals surface area contributed by atoms with Crippen LogP contribution in [0.25, 0.3) is 0 Å². The Kier molecular flexibility index (Phi) is 1.76. The summed E-state index contributed by atoms with van der Waals surface area (Å²) < 4.78 is 0. The first-order valence-corrected chi connectivity index (χ1v) is 4.68. The maximum atomic E-state index is 3.85. The van der Waals surface area contributed by atoms with Gasteiger partial charge in [-0.15, -0.1) is 6.58 Å². The van der Waals surface area contributed by atoms with Crippen LogP contribution in [0.5, 0.6) is 0 Å². The summed E-state index contributed by atoms with van der Waals surface area (Å²) in [5, 5.41) is 0. The van der Waals surface area contributed by atoms with Crippen LogP contribution in [0.3, 0.4) is 0 Å². The Morgan fingerprint density at radius 1 is 1.18 bits per heavy atom. The predicted molar refractivity (Wildman–Crippen MR) is 47.5 cm³/mol. The predicted octanol–water partition coefficient (Wildman–Crippen LogP) is 2.05. The van der Waals surface area contributed by atoms with E-state index in [0.29, 0.717) is 5.41 Å². The lowest BCUT2D eigenvalue weighted by Gasteiger charge is -2.48. The molecule has 0 aromatic heterocycles. The molecule has 0 aliphatic carbocycles. The molecule has 0 spiro atoms. The van der Waals surface area contributed by atoms with E-state index < -0.39 is 0 Å². The van der Waals surface area contributed by atoms with Gasteiger partial charge in [-0.25, -0.2) is 0 Å². The van der Waals surface area contributed by atoms with Crippen LogP contribution in [0.1, 0.15) is 25.7 Å². The number of allylic oxidation sites excluding steroid dienone is 1. The van der Waals surface area contributed by atoms with Crippen molar-refractivity contribution < 1.29 is 0 Å². The molecule has 1 nitrogen and oxygen atoms in total. The maximum absolute atomic E-state index is 3.85. The molecule has 0 amide bonds. The Balaban J connectivity index is 2.05. The van der Waals surface area contributed by atoms with Gasteiger partial charge in [-0.3, -0.25) is 0 Å². The number of hydrogen-bond acceptors (Lipinski definition) is 1. The summed E-state index contributed by atoms with van der Waals surface area (Å²) in [6.07, 6.45) is 7.61. The molecule has 0 atom stereocenters. The molecule has 3 fully saturated rings. The van der Waals surface area contributed by atoms with E-state index in [1.54, 1.807) is 0 Å². The summed E-state index contributed by atoms with van der Waals surface area (Å²) in [6.45, 7) is 7.87. The van der Waals surface area contributed by atoms with Crippen molar-refractivity contribution in [1.29, 1.82) is 0 Å². The molecule has 3 aliphatic rings. The van der Waals surface area contributed by atoms with Crippen molar-refractivity contribution in [2.24, 2.45) is 5.41 Å². The van der Waals surface area contributed by atoms with Crippen LogP contribution in [0.15, 0.2) is 12.7 Å². The van der Waals surface area contributed by atoms with E-state index in [1.807, 2.05) is 0 Å². The molecule has 0 N–H and O–H groups in total. The molecule has 3 heterocycles. The van der Waals surface area contributed by atoms with Crippen LogP contribution >= 0.6 is 0 Å². The van der Waals surface area contributed by atoms with Gasteiger partial charge in [0.1, 0.15) is 0 Å². The molecule has 3 rings (SSSR count). The standard InChI is InChI=1S/C10H17N/c1-2-3-10-4-7-11(8-5-10)9-6-10/h2H,1,3-9H2. The highest BCUT2D eigenvalue weighted by Crippen LogP contribution is 2.42. The van der Waals surface area contributed by atoms with E-state index in [-0.39, 0.29) is 0 Å². The van der Waals surface area contributed by atoms with E-state index in [4.69, 9.17) is 0 Å². The molecule has 0 saturated carbocycles. The Morgan fingerprint density at radius 3 is 2.18 bits per heavy atom. The van der Waals surface area contributed by atoms with Gasteiger partial charge in [-0.1, -0.05) is 6.08 Å². The van der Waals surface area contributed by atoms with Gasteiger partial charge >= 0.3 is 0 Å². The molecule has 3 saturated heterocycles. The lowest BCUT2D eigenvalue weighted by molar-refractivity contribution is 0.0286.